The second-order valence-electron chi connectivity index (χ2n) is 8.36. The lowest BCUT2D eigenvalue weighted by Crippen LogP contribution is -2.22. The van der Waals surface area contributed by atoms with Crippen LogP contribution < -0.4 is 14.9 Å². The normalized spacial score (nSPS) is 24.9. The van der Waals surface area contributed by atoms with E-state index in [-0.39, 0.29) is 17.2 Å². The van der Waals surface area contributed by atoms with Crippen LogP contribution in [0.3, 0.4) is 0 Å². The maximum absolute atomic E-state index is 12.5. The van der Waals surface area contributed by atoms with E-state index in [1.165, 1.54) is 12.8 Å². The Kier molecular flexibility index (Phi) is 6.00. The van der Waals surface area contributed by atoms with Gasteiger partial charge in [0.05, 0.1) is 13.3 Å². The molecule has 6 heteroatoms. The van der Waals surface area contributed by atoms with E-state index in [0.717, 1.165) is 24.0 Å². The minimum atomic E-state index is 0.0345. The molecular weight excluding hydrogens is 400 g/mol. The highest BCUT2D eigenvalue weighted by atomic mass is 35.5. The zero-order chi connectivity index (χ0) is 21.1. The van der Waals surface area contributed by atoms with E-state index in [1.807, 2.05) is 42.5 Å². The highest BCUT2D eigenvalue weighted by Gasteiger charge is 2.64. The van der Waals surface area contributed by atoms with Gasteiger partial charge in [-0.05, 0) is 54.0 Å². The van der Waals surface area contributed by atoms with Crippen LogP contribution in [-0.2, 0) is 11.4 Å². The Labute approximate surface area is 182 Å². The van der Waals surface area contributed by atoms with Crippen LogP contribution in [0.4, 0.5) is 0 Å². The molecule has 0 unspecified atom stereocenters. The van der Waals surface area contributed by atoms with Crippen LogP contribution in [0.15, 0.2) is 47.6 Å². The topological polar surface area (TPSA) is 59.9 Å². The number of nitrogens with one attached hydrogen (secondary N) is 1. The smallest absolute Gasteiger partial charge is 0.244 e. The summed E-state index contributed by atoms with van der Waals surface area (Å²) in [5, 5.41) is 4.83. The predicted molar refractivity (Wildman–Crippen MR) is 118 cm³/mol. The third-order valence-corrected chi connectivity index (χ3v) is 6.90. The van der Waals surface area contributed by atoms with Gasteiger partial charge in [-0.1, -0.05) is 49.6 Å². The van der Waals surface area contributed by atoms with Gasteiger partial charge in [-0.3, -0.25) is 4.79 Å². The number of benzene rings is 2. The number of amides is 1. The minimum absolute atomic E-state index is 0.0345. The van der Waals surface area contributed by atoms with Gasteiger partial charge in [0.25, 0.3) is 0 Å². The fraction of sp³-hybridized carbons (Fsp3) is 0.417. The highest BCUT2D eigenvalue weighted by molar-refractivity contribution is 6.31. The maximum atomic E-state index is 12.5. The predicted octanol–water partition coefficient (Wildman–Crippen LogP) is 5.20. The minimum Gasteiger partial charge on any atom is -0.493 e. The van der Waals surface area contributed by atoms with Gasteiger partial charge < -0.3 is 9.47 Å². The van der Waals surface area contributed by atoms with Gasteiger partial charge in [-0.2, -0.15) is 5.10 Å². The molecule has 0 spiro atoms. The van der Waals surface area contributed by atoms with Crippen LogP contribution >= 0.6 is 11.6 Å². The zero-order valence-corrected chi connectivity index (χ0v) is 18.1. The molecule has 2 aromatic rings. The molecule has 0 aromatic heterocycles. The largest absolute Gasteiger partial charge is 0.493 e. The van der Waals surface area contributed by atoms with E-state index < -0.39 is 0 Å². The number of hydrogen-bond acceptors (Lipinski definition) is 4. The second-order valence-corrected chi connectivity index (χ2v) is 8.77. The van der Waals surface area contributed by atoms with Crippen LogP contribution in [0.5, 0.6) is 11.5 Å². The Morgan fingerprint density at radius 2 is 2.10 bits per heavy atom. The number of methoxy groups -OCH3 is 1. The van der Waals surface area contributed by atoms with Crippen molar-refractivity contribution in [3.05, 3.63) is 58.6 Å². The summed E-state index contributed by atoms with van der Waals surface area (Å²) < 4.78 is 11.3. The number of ether oxygens (including phenoxy) is 2. The molecule has 0 heterocycles. The molecule has 2 aliphatic carbocycles. The number of rotatable bonds is 7. The molecule has 3 atom stereocenters. The summed E-state index contributed by atoms with van der Waals surface area (Å²) in [6, 6.07) is 13.1. The van der Waals surface area contributed by atoms with Crippen LogP contribution in [0.1, 0.15) is 43.7 Å². The van der Waals surface area contributed by atoms with Crippen LogP contribution in [0.2, 0.25) is 5.02 Å². The summed E-state index contributed by atoms with van der Waals surface area (Å²) in [6.07, 6.45) is 6.40. The van der Waals surface area contributed by atoms with Crippen molar-refractivity contribution in [1.29, 1.82) is 0 Å². The van der Waals surface area contributed by atoms with Crippen molar-refractivity contribution >= 4 is 23.7 Å². The number of hydrogen-bond donors (Lipinski definition) is 1. The van der Waals surface area contributed by atoms with Crippen molar-refractivity contribution in [2.45, 2.75) is 39.2 Å². The number of fused-ring (bicyclic) bond motifs is 1. The van der Waals surface area contributed by atoms with Crippen LogP contribution in [0, 0.1) is 17.3 Å². The molecule has 30 heavy (non-hydrogen) atoms. The quantitative estimate of drug-likeness (QED) is 0.488. The molecule has 2 aromatic carbocycles. The van der Waals surface area contributed by atoms with Crippen molar-refractivity contribution in [2.24, 2.45) is 22.4 Å². The fourth-order valence-electron chi connectivity index (χ4n) is 4.75. The number of hydrazone groups is 1. The lowest BCUT2D eigenvalue weighted by atomic mass is 9.90. The molecule has 0 aliphatic heterocycles. The van der Waals surface area contributed by atoms with E-state index in [1.54, 1.807) is 13.3 Å². The molecule has 2 fully saturated rings. The standard InChI is InChI=1S/C24H27ClN2O3/c1-24-12-6-5-8-18(24)22(24)23(28)27-26-14-16-10-11-20(21(13-16)29-2)30-15-17-7-3-4-9-19(17)25/h3-4,7,9-11,13-14,18,22H,5-6,8,12,15H2,1-2H3,(H,27,28)/b26-14-/t18-,22-,24-/m0/s1. The highest BCUT2D eigenvalue weighted by Crippen LogP contribution is 2.66. The van der Waals surface area contributed by atoms with E-state index >= 15 is 0 Å². The first kappa shape index (κ1) is 20.7. The molecule has 2 aliphatic rings. The fourth-order valence-corrected chi connectivity index (χ4v) is 4.94. The molecule has 0 radical (unpaired) electrons. The van der Waals surface area contributed by atoms with Gasteiger partial charge in [0.2, 0.25) is 5.91 Å². The average molecular weight is 427 g/mol. The zero-order valence-electron chi connectivity index (χ0n) is 17.4. The van der Waals surface area contributed by atoms with Gasteiger partial charge >= 0.3 is 0 Å². The third kappa shape index (κ3) is 4.17. The first-order valence-electron chi connectivity index (χ1n) is 10.4. The summed E-state index contributed by atoms with van der Waals surface area (Å²) in [5.41, 5.74) is 4.63. The van der Waals surface area contributed by atoms with E-state index in [0.29, 0.717) is 29.0 Å². The Bertz CT molecular complexity index is 961. The molecule has 1 amide bonds. The van der Waals surface area contributed by atoms with E-state index in [2.05, 4.69) is 17.5 Å². The maximum Gasteiger partial charge on any atom is 0.244 e. The van der Waals surface area contributed by atoms with Gasteiger partial charge in [0.1, 0.15) is 6.61 Å². The van der Waals surface area contributed by atoms with Crippen LogP contribution in [0.25, 0.3) is 0 Å². The Morgan fingerprint density at radius 3 is 2.83 bits per heavy atom. The SMILES string of the molecule is COc1cc(/C=N\NC(=O)[C@@H]2[C@@H]3CCCC[C@]23C)ccc1OCc1ccccc1Cl. The van der Waals surface area contributed by atoms with Crippen molar-refractivity contribution in [3.8, 4) is 11.5 Å². The summed E-state index contributed by atoms with van der Waals surface area (Å²) in [5.74, 6) is 1.88. The van der Waals surface area contributed by atoms with Crippen molar-refractivity contribution in [3.63, 3.8) is 0 Å². The first-order valence-corrected chi connectivity index (χ1v) is 10.8. The molecule has 0 bridgehead atoms. The summed E-state index contributed by atoms with van der Waals surface area (Å²) >= 11 is 6.18. The third-order valence-electron chi connectivity index (χ3n) is 6.53. The van der Waals surface area contributed by atoms with Gasteiger partial charge in [0.15, 0.2) is 11.5 Å². The van der Waals surface area contributed by atoms with Crippen molar-refractivity contribution in [1.82, 2.24) is 5.43 Å². The molecule has 0 saturated heterocycles. The molecule has 1 N–H and O–H groups in total. The number of nitrogens with zero attached hydrogens (tertiary/aromatic N) is 1. The lowest BCUT2D eigenvalue weighted by Gasteiger charge is -2.15. The Balaban J connectivity index is 1.35. The van der Waals surface area contributed by atoms with E-state index in [4.69, 9.17) is 21.1 Å². The number of carbonyl (C=O) groups is 1. The van der Waals surface area contributed by atoms with Crippen molar-refractivity contribution in [2.75, 3.05) is 7.11 Å². The second kappa shape index (κ2) is 8.68. The Hall–Kier alpha value is -2.53. The molecule has 5 nitrogen and oxygen atoms in total. The number of carbonyl (C=O) groups excluding carboxylic acids is 1. The van der Waals surface area contributed by atoms with E-state index in [9.17, 15) is 4.79 Å². The average Bonchev–Trinajstić information content (AvgIpc) is 3.39. The lowest BCUT2D eigenvalue weighted by molar-refractivity contribution is -0.123. The summed E-state index contributed by atoms with van der Waals surface area (Å²) in [4.78, 5) is 12.5. The first-order chi connectivity index (χ1) is 14.5. The molecule has 4 rings (SSSR count). The van der Waals surface area contributed by atoms with Crippen molar-refractivity contribution < 1.29 is 14.3 Å². The number of halogens is 1. The molecular formula is C24H27ClN2O3. The monoisotopic (exact) mass is 426 g/mol. The van der Waals surface area contributed by atoms with Gasteiger partial charge in [-0.25, -0.2) is 5.43 Å². The van der Waals surface area contributed by atoms with Crippen LogP contribution in [-0.4, -0.2) is 19.2 Å². The molecule has 2 saturated carbocycles. The van der Waals surface area contributed by atoms with Gasteiger partial charge in [0, 0.05) is 16.5 Å². The summed E-state index contributed by atoms with van der Waals surface area (Å²) in [7, 11) is 1.59. The van der Waals surface area contributed by atoms with Gasteiger partial charge in [-0.15, -0.1) is 0 Å². The Morgan fingerprint density at radius 1 is 1.27 bits per heavy atom. The molecule has 158 valence electrons. The summed E-state index contributed by atoms with van der Waals surface area (Å²) in [6.45, 7) is 2.58.